The Morgan fingerprint density at radius 2 is 1.85 bits per heavy atom. The Labute approximate surface area is 119 Å². The number of amides is 1. The SMILES string of the molecule is CC(C)c1ccc(NC(=O)c2cccc(CN)c2)cc1. The summed E-state index contributed by atoms with van der Waals surface area (Å²) in [5.41, 5.74) is 9.22. The van der Waals surface area contributed by atoms with E-state index in [9.17, 15) is 4.79 Å². The average Bonchev–Trinajstić information content (AvgIpc) is 2.47. The minimum Gasteiger partial charge on any atom is -0.326 e. The fraction of sp³-hybridized carbons (Fsp3) is 0.235. The molecule has 3 N–H and O–H groups in total. The number of rotatable bonds is 4. The van der Waals surface area contributed by atoms with Crippen molar-refractivity contribution < 1.29 is 4.79 Å². The van der Waals surface area contributed by atoms with Crippen LogP contribution < -0.4 is 11.1 Å². The Hall–Kier alpha value is -2.13. The van der Waals surface area contributed by atoms with E-state index in [2.05, 4.69) is 19.2 Å². The largest absolute Gasteiger partial charge is 0.326 e. The van der Waals surface area contributed by atoms with Crippen LogP contribution in [0.25, 0.3) is 0 Å². The molecular formula is C17H20N2O. The molecule has 0 aliphatic rings. The Bertz CT molecular complexity index is 588. The van der Waals surface area contributed by atoms with Gasteiger partial charge in [-0.3, -0.25) is 4.79 Å². The third-order valence-corrected chi connectivity index (χ3v) is 3.26. The van der Waals surface area contributed by atoms with Gasteiger partial charge < -0.3 is 11.1 Å². The molecule has 1 amide bonds. The Balaban J connectivity index is 2.10. The average molecular weight is 268 g/mol. The van der Waals surface area contributed by atoms with Crippen molar-refractivity contribution in [1.82, 2.24) is 0 Å². The standard InChI is InChI=1S/C17H20N2O/c1-12(2)14-6-8-16(9-7-14)19-17(20)15-5-3-4-13(10-15)11-18/h3-10,12H,11,18H2,1-2H3,(H,19,20). The number of anilines is 1. The number of benzene rings is 2. The topological polar surface area (TPSA) is 55.1 Å². The van der Waals surface area contributed by atoms with Crippen LogP contribution in [0.1, 0.15) is 41.3 Å². The van der Waals surface area contributed by atoms with Gasteiger partial charge in [0.2, 0.25) is 0 Å². The summed E-state index contributed by atoms with van der Waals surface area (Å²) in [7, 11) is 0. The van der Waals surface area contributed by atoms with Crippen LogP contribution in [0, 0.1) is 0 Å². The van der Waals surface area contributed by atoms with Gasteiger partial charge in [-0.05, 0) is 41.3 Å². The van der Waals surface area contributed by atoms with E-state index in [1.807, 2.05) is 42.5 Å². The number of nitrogens with one attached hydrogen (secondary N) is 1. The highest BCUT2D eigenvalue weighted by Gasteiger charge is 2.07. The van der Waals surface area contributed by atoms with Crippen molar-refractivity contribution in [2.45, 2.75) is 26.3 Å². The number of carbonyl (C=O) groups is 1. The van der Waals surface area contributed by atoms with E-state index in [4.69, 9.17) is 5.73 Å². The van der Waals surface area contributed by atoms with Crippen LogP contribution in [0.2, 0.25) is 0 Å². The predicted octanol–water partition coefficient (Wildman–Crippen LogP) is 3.52. The molecule has 0 bridgehead atoms. The zero-order valence-corrected chi connectivity index (χ0v) is 11.9. The zero-order chi connectivity index (χ0) is 14.5. The van der Waals surface area contributed by atoms with Crippen molar-refractivity contribution in [2.24, 2.45) is 5.73 Å². The molecular weight excluding hydrogens is 248 g/mol. The van der Waals surface area contributed by atoms with Gasteiger partial charge in [0.15, 0.2) is 0 Å². The smallest absolute Gasteiger partial charge is 0.255 e. The van der Waals surface area contributed by atoms with Crippen LogP contribution in [0.3, 0.4) is 0 Å². The molecule has 0 aliphatic heterocycles. The first-order chi connectivity index (χ1) is 9.60. The highest BCUT2D eigenvalue weighted by molar-refractivity contribution is 6.04. The van der Waals surface area contributed by atoms with Gasteiger partial charge >= 0.3 is 0 Å². The van der Waals surface area contributed by atoms with Gasteiger partial charge in [-0.2, -0.15) is 0 Å². The molecule has 0 heterocycles. The molecule has 0 aromatic heterocycles. The first-order valence-electron chi connectivity index (χ1n) is 6.80. The van der Waals surface area contributed by atoms with Crippen LogP contribution >= 0.6 is 0 Å². The molecule has 3 nitrogen and oxygen atoms in total. The van der Waals surface area contributed by atoms with Crippen LogP contribution in [0.15, 0.2) is 48.5 Å². The van der Waals surface area contributed by atoms with E-state index in [0.29, 0.717) is 18.0 Å². The molecule has 0 unspecified atom stereocenters. The highest BCUT2D eigenvalue weighted by Crippen LogP contribution is 2.17. The van der Waals surface area contributed by atoms with Crippen LogP contribution in [-0.4, -0.2) is 5.91 Å². The summed E-state index contributed by atoms with van der Waals surface area (Å²) in [6.07, 6.45) is 0. The molecule has 0 spiro atoms. The van der Waals surface area contributed by atoms with Crippen molar-refractivity contribution in [2.75, 3.05) is 5.32 Å². The number of carbonyl (C=O) groups excluding carboxylic acids is 1. The molecule has 2 aromatic carbocycles. The van der Waals surface area contributed by atoms with Gasteiger partial charge in [-0.15, -0.1) is 0 Å². The third-order valence-electron chi connectivity index (χ3n) is 3.26. The lowest BCUT2D eigenvalue weighted by molar-refractivity contribution is 0.102. The summed E-state index contributed by atoms with van der Waals surface area (Å²) in [6.45, 7) is 4.72. The minimum atomic E-state index is -0.113. The van der Waals surface area contributed by atoms with Gasteiger partial charge in [0, 0.05) is 17.8 Å². The lowest BCUT2D eigenvalue weighted by Crippen LogP contribution is -2.12. The molecule has 0 fully saturated rings. The summed E-state index contributed by atoms with van der Waals surface area (Å²) >= 11 is 0. The molecule has 104 valence electrons. The van der Waals surface area contributed by atoms with Crippen molar-refractivity contribution in [3.05, 3.63) is 65.2 Å². The van der Waals surface area contributed by atoms with Crippen molar-refractivity contribution in [3.8, 4) is 0 Å². The molecule has 2 aromatic rings. The fourth-order valence-electron chi connectivity index (χ4n) is 1.99. The predicted molar refractivity (Wildman–Crippen MR) is 82.8 cm³/mol. The quantitative estimate of drug-likeness (QED) is 0.891. The Kier molecular flexibility index (Phi) is 4.53. The van der Waals surface area contributed by atoms with Gasteiger partial charge in [0.05, 0.1) is 0 Å². The molecule has 0 atom stereocenters. The van der Waals surface area contributed by atoms with E-state index in [0.717, 1.165) is 11.3 Å². The number of hydrogen-bond donors (Lipinski definition) is 2. The zero-order valence-electron chi connectivity index (χ0n) is 11.9. The fourth-order valence-corrected chi connectivity index (χ4v) is 1.99. The van der Waals surface area contributed by atoms with Gasteiger partial charge in [-0.1, -0.05) is 38.1 Å². The molecule has 0 saturated heterocycles. The Morgan fingerprint density at radius 3 is 2.45 bits per heavy atom. The van der Waals surface area contributed by atoms with E-state index in [1.54, 1.807) is 6.07 Å². The maximum absolute atomic E-state index is 12.1. The second-order valence-corrected chi connectivity index (χ2v) is 5.14. The first-order valence-corrected chi connectivity index (χ1v) is 6.80. The number of hydrogen-bond acceptors (Lipinski definition) is 2. The van der Waals surface area contributed by atoms with Crippen LogP contribution in [0.4, 0.5) is 5.69 Å². The summed E-state index contributed by atoms with van der Waals surface area (Å²) in [5, 5.41) is 2.90. The Morgan fingerprint density at radius 1 is 1.15 bits per heavy atom. The van der Waals surface area contributed by atoms with Gasteiger partial charge in [0.25, 0.3) is 5.91 Å². The molecule has 0 aliphatic carbocycles. The van der Waals surface area contributed by atoms with Crippen molar-refractivity contribution in [1.29, 1.82) is 0 Å². The van der Waals surface area contributed by atoms with Gasteiger partial charge in [-0.25, -0.2) is 0 Å². The molecule has 3 heteroatoms. The van der Waals surface area contributed by atoms with Crippen LogP contribution in [-0.2, 0) is 6.54 Å². The molecule has 20 heavy (non-hydrogen) atoms. The minimum absolute atomic E-state index is 0.113. The summed E-state index contributed by atoms with van der Waals surface area (Å²) in [6, 6.07) is 15.3. The molecule has 0 radical (unpaired) electrons. The monoisotopic (exact) mass is 268 g/mol. The maximum atomic E-state index is 12.1. The maximum Gasteiger partial charge on any atom is 0.255 e. The molecule has 2 rings (SSSR count). The van der Waals surface area contributed by atoms with E-state index >= 15 is 0 Å². The van der Waals surface area contributed by atoms with Crippen LogP contribution in [0.5, 0.6) is 0 Å². The molecule has 0 saturated carbocycles. The number of nitrogens with two attached hydrogens (primary N) is 1. The van der Waals surface area contributed by atoms with Crippen molar-refractivity contribution in [3.63, 3.8) is 0 Å². The normalized spacial score (nSPS) is 10.6. The third kappa shape index (κ3) is 3.45. The van der Waals surface area contributed by atoms with Crippen molar-refractivity contribution >= 4 is 11.6 Å². The summed E-state index contributed by atoms with van der Waals surface area (Å²) in [5.74, 6) is 0.374. The highest BCUT2D eigenvalue weighted by atomic mass is 16.1. The second kappa shape index (κ2) is 6.35. The lowest BCUT2D eigenvalue weighted by atomic mass is 10.0. The first kappa shape index (κ1) is 14.3. The lowest BCUT2D eigenvalue weighted by Gasteiger charge is -2.09. The van der Waals surface area contributed by atoms with Gasteiger partial charge in [0.1, 0.15) is 0 Å². The summed E-state index contributed by atoms with van der Waals surface area (Å²) < 4.78 is 0. The van der Waals surface area contributed by atoms with E-state index < -0.39 is 0 Å². The van der Waals surface area contributed by atoms with E-state index in [-0.39, 0.29) is 5.91 Å². The second-order valence-electron chi connectivity index (χ2n) is 5.14. The van der Waals surface area contributed by atoms with E-state index in [1.165, 1.54) is 5.56 Å². The summed E-state index contributed by atoms with van der Waals surface area (Å²) in [4.78, 5) is 12.1.